The average molecular weight is 337 g/mol. The van der Waals surface area contributed by atoms with Gasteiger partial charge in [-0.15, -0.1) is 0 Å². The van der Waals surface area contributed by atoms with Crippen LogP contribution in [0.3, 0.4) is 0 Å². The first kappa shape index (κ1) is 16.1. The second-order valence-corrected chi connectivity index (χ2v) is 6.29. The minimum atomic E-state index is 0.0275. The van der Waals surface area contributed by atoms with E-state index in [0.29, 0.717) is 6.54 Å². The molecule has 1 heterocycles. The first-order chi connectivity index (χ1) is 12.8. The van der Waals surface area contributed by atoms with Gasteiger partial charge in [-0.3, -0.25) is 4.79 Å². The van der Waals surface area contributed by atoms with Crippen LogP contribution in [0.15, 0.2) is 108 Å². The van der Waals surface area contributed by atoms with E-state index in [0.717, 1.165) is 27.8 Å². The highest BCUT2D eigenvalue weighted by Gasteiger charge is 2.10. The molecule has 0 fully saturated rings. The molecule has 0 aliphatic rings. The van der Waals surface area contributed by atoms with E-state index in [9.17, 15) is 4.79 Å². The van der Waals surface area contributed by atoms with Crippen molar-refractivity contribution in [2.45, 2.75) is 6.54 Å². The van der Waals surface area contributed by atoms with Crippen molar-refractivity contribution in [3.63, 3.8) is 0 Å². The molecule has 4 rings (SSSR count). The number of benzene rings is 3. The summed E-state index contributed by atoms with van der Waals surface area (Å²) in [4.78, 5) is 13.1. The molecule has 0 saturated carbocycles. The van der Waals surface area contributed by atoms with Crippen molar-refractivity contribution in [3.8, 4) is 22.3 Å². The second-order valence-electron chi connectivity index (χ2n) is 6.29. The van der Waals surface area contributed by atoms with E-state index in [1.165, 1.54) is 0 Å². The predicted molar refractivity (Wildman–Crippen MR) is 107 cm³/mol. The Labute approximate surface area is 153 Å². The summed E-state index contributed by atoms with van der Waals surface area (Å²) in [5.74, 6) is 0. The Kier molecular flexibility index (Phi) is 4.48. The Balaban J connectivity index is 1.89. The van der Waals surface area contributed by atoms with Gasteiger partial charge in [0.2, 0.25) is 0 Å². The van der Waals surface area contributed by atoms with Gasteiger partial charge in [0, 0.05) is 11.8 Å². The maximum absolute atomic E-state index is 13.1. The zero-order chi connectivity index (χ0) is 17.8. The highest BCUT2D eigenvalue weighted by Crippen LogP contribution is 2.24. The number of aromatic nitrogens is 1. The van der Waals surface area contributed by atoms with Gasteiger partial charge in [-0.25, -0.2) is 0 Å². The van der Waals surface area contributed by atoms with E-state index >= 15 is 0 Å². The Hall–Kier alpha value is -3.39. The molecule has 4 aromatic rings. The highest BCUT2D eigenvalue weighted by atomic mass is 16.1. The normalized spacial score (nSPS) is 10.6. The molecule has 0 radical (unpaired) electrons. The lowest BCUT2D eigenvalue weighted by atomic mass is 10.0. The fourth-order valence-corrected chi connectivity index (χ4v) is 3.15. The van der Waals surface area contributed by atoms with Gasteiger partial charge in [0.25, 0.3) is 5.56 Å². The van der Waals surface area contributed by atoms with Crippen molar-refractivity contribution < 1.29 is 0 Å². The third-order valence-electron chi connectivity index (χ3n) is 4.47. The van der Waals surface area contributed by atoms with Gasteiger partial charge in [0.1, 0.15) is 0 Å². The van der Waals surface area contributed by atoms with Gasteiger partial charge < -0.3 is 4.57 Å². The van der Waals surface area contributed by atoms with E-state index in [1.807, 2.05) is 91.1 Å². The smallest absolute Gasteiger partial charge is 0.258 e. The van der Waals surface area contributed by atoms with Gasteiger partial charge in [-0.1, -0.05) is 91.0 Å². The van der Waals surface area contributed by atoms with Crippen LogP contribution in [-0.2, 0) is 6.54 Å². The summed E-state index contributed by atoms with van der Waals surface area (Å²) in [5.41, 5.74) is 4.95. The zero-order valence-electron chi connectivity index (χ0n) is 14.4. The van der Waals surface area contributed by atoms with E-state index in [4.69, 9.17) is 0 Å². The molecule has 2 nitrogen and oxygen atoms in total. The lowest BCUT2D eigenvalue weighted by molar-refractivity contribution is 0.763. The van der Waals surface area contributed by atoms with Crippen LogP contribution in [0.25, 0.3) is 22.3 Å². The van der Waals surface area contributed by atoms with Crippen LogP contribution in [0.1, 0.15) is 5.56 Å². The average Bonchev–Trinajstić information content (AvgIpc) is 2.71. The first-order valence-electron chi connectivity index (χ1n) is 8.70. The largest absolute Gasteiger partial charge is 0.310 e. The maximum atomic E-state index is 13.1. The lowest BCUT2D eigenvalue weighted by Crippen LogP contribution is -2.22. The van der Waals surface area contributed by atoms with E-state index in [-0.39, 0.29) is 5.56 Å². The summed E-state index contributed by atoms with van der Waals surface area (Å²) in [6.07, 6.45) is 1.96. The Bertz CT molecular complexity index is 1050. The number of pyridine rings is 1. The molecular weight excluding hydrogens is 318 g/mol. The molecule has 26 heavy (non-hydrogen) atoms. The summed E-state index contributed by atoms with van der Waals surface area (Å²) in [6, 6.07) is 32.1. The molecule has 126 valence electrons. The van der Waals surface area contributed by atoms with Crippen molar-refractivity contribution in [3.05, 3.63) is 119 Å². The molecule has 0 aliphatic heterocycles. The van der Waals surface area contributed by atoms with Crippen LogP contribution in [-0.4, -0.2) is 4.57 Å². The van der Waals surface area contributed by atoms with E-state index < -0.39 is 0 Å². The number of hydrogen-bond acceptors (Lipinski definition) is 1. The molecule has 0 atom stereocenters. The van der Waals surface area contributed by atoms with Gasteiger partial charge >= 0.3 is 0 Å². The van der Waals surface area contributed by atoms with Crippen LogP contribution in [0.2, 0.25) is 0 Å². The van der Waals surface area contributed by atoms with Crippen LogP contribution in [0, 0.1) is 0 Å². The van der Waals surface area contributed by atoms with Crippen molar-refractivity contribution in [1.82, 2.24) is 4.57 Å². The second kappa shape index (κ2) is 7.24. The van der Waals surface area contributed by atoms with E-state index in [1.54, 1.807) is 4.57 Å². The SMILES string of the molecule is O=c1c(-c2ccccc2)cc(-c2ccccc2)cn1Cc1ccccc1. The van der Waals surface area contributed by atoms with Gasteiger partial charge in [0.15, 0.2) is 0 Å². The Morgan fingerprint density at radius 1 is 0.615 bits per heavy atom. The van der Waals surface area contributed by atoms with Crippen LogP contribution >= 0.6 is 0 Å². The minimum absolute atomic E-state index is 0.0275. The van der Waals surface area contributed by atoms with Crippen LogP contribution in [0.5, 0.6) is 0 Å². The summed E-state index contributed by atoms with van der Waals surface area (Å²) in [5, 5.41) is 0. The maximum Gasteiger partial charge on any atom is 0.258 e. The molecule has 0 N–H and O–H groups in total. The monoisotopic (exact) mass is 337 g/mol. The molecule has 0 saturated heterocycles. The first-order valence-corrected chi connectivity index (χ1v) is 8.70. The summed E-state index contributed by atoms with van der Waals surface area (Å²) in [7, 11) is 0. The summed E-state index contributed by atoms with van der Waals surface area (Å²) in [6.45, 7) is 0.556. The fourth-order valence-electron chi connectivity index (χ4n) is 3.15. The van der Waals surface area contributed by atoms with Crippen molar-refractivity contribution >= 4 is 0 Å². The molecule has 0 aliphatic carbocycles. The fraction of sp³-hybridized carbons (Fsp3) is 0.0417. The van der Waals surface area contributed by atoms with Crippen molar-refractivity contribution in [2.75, 3.05) is 0 Å². The number of rotatable bonds is 4. The van der Waals surface area contributed by atoms with Crippen molar-refractivity contribution in [1.29, 1.82) is 0 Å². The van der Waals surface area contributed by atoms with Gasteiger partial charge in [0.05, 0.1) is 6.54 Å². The van der Waals surface area contributed by atoms with E-state index in [2.05, 4.69) is 12.1 Å². The predicted octanol–water partition coefficient (Wildman–Crippen LogP) is 5.23. The highest BCUT2D eigenvalue weighted by molar-refractivity contribution is 5.71. The topological polar surface area (TPSA) is 22.0 Å². The van der Waals surface area contributed by atoms with Gasteiger partial charge in [-0.2, -0.15) is 0 Å². The molecule has 0 unspecified atom stereocenters. The lowest BCUT2D eigenvalue weighted by Gasteiger charge is -2.13. The third-order valence-corrected chi connectivity index (χ3v) is 4.47. The van der Waals surface area contributed by atoms with Crippen LogP contribution in [0.4, 0.5) is 0 Å². The van der Waals surface area contributed by atoms with Gasteiger partial charge in [-0.05, 0) is 28.3 Å². The standard InChI is InChI=1S/C24H19NO/c26-24-23(21-14-8-3-9-15-21)16-22(20-12-6-2-7-13-20)18-25(24)17-19-10-4-1-5-11-19/h1-16,18H,17H2. The molecule has 0 bridgehead atoms. The Morgan fingerprint density at radius 2 is 1.15 bits per heavy atom. The third kappa shape index (κ3) is 3.35. The summed E-state index contributed by atoms with van der Waals surface area (Å²) < 4.78 is 1.81. The molecule has 0 amide bonds. The zero-order valence-corrected chi connectivity index (χ0v) is 14.4. The molecule has 3 aromatic carbocycles. The molecule has 2 heteroatoms. The molecule has 1 aromatic heterocycles. The molecule has 0 spiro atoms. The summed E-state index contributed by atoms with van der Waals surface area (Å²) >= 11 is 0. The quantitative estimate of drug-likeness (QED) is 0.500. The Morgan fingerprint density at radius 3 is 1.77 bits per heavy atom. The number of hydrogen-bond donors (Lipinski definition) is 0. The van der Waals surface area contributed by atoms with Crippen molar-refractivity contribution in [2.24, 2.45) is 0 Å². The number of nitrogens with zero attached hydrogens (tertiary/aromatic N) is 1. The van der Waals surface area contributed by atoms with Crippen LogP contribution < -0.4 is 5.56 Å². The minimum Gasteiger partial charge on any atom is -0.310 e. The molecular formula is C24H19NO.